The number of carbonyl (C=O) groups is 2. The van der Waals surface area contributed by atoms with Crippen LogP contribution in [0.5, 0.6) is 11.5 Å². The fraction of sp³-hybridized carbons (Fsp3) is 0.500. The second kappa shape index (κ2) is 7.27. The average molecular weight is 428 g/mol. The van der Waals surface area contributed by atoms with Crippen molar-refractivity contribution in [3.05, 3.63) is 34.3 Å². The van der Waals surface area contributed by atoms with Gasteiger partial charge in [0.2, 0.25) is 5.91 Å². The lowest BCUT2D eigenvalue weighted by atomic mass is 10.0. The van der Waals surface area contributed by atoms with E-state index in [9.17, 15) is 9.59 Å². The summed E-state index contributed by atoms with van der Waals surface area (Å²) in [4.78, 5) is 32.1. The van der Waals surface area contributed by atoms with Crippen LogP contribution in [0.3, 0.4) is 0 Å². The zero-order valence-corrected chi connectivity index (χ0v) is 18.0. The van der Waals surface area contributed by atoms with Gasteiger partial charge in [-0.1, -0.05) is 23.5 Å². The number of rotatable bonds is 5. The molecule has 1 aromatic carbocycles. The number of fused-ring (bicyclic) bond motifs is 2. The summed E-state index contributed by atoms with van der Waals surface area (Å²) in [5.41, 5.74) is 1.83. The first-order valence-corrected chi connectivity index (χ1v) is 11.2. The van der Waals surface area contributed by atoms with Gasteiger partial charge in [0.05, 0.1) is 12.2 Å². The molecule has 1 N–H and O–H groups in total. The number of para-hydroxylation sites is 1. The summed E-state index contributed by atoms with van der Waals surface area (Å²) >= 11 is 1.46. The predicted octanol–water partition coefficient (Wildman–Crippen LogP) is 3.17. The molecule has 7 nitrogen and oxygen atoms in total. The first-order chi connectivity index (χ1) is 14.4. The molecule has 2 aromatic rings. The van der Waals surface area contributed by atoms with Gasteiger partial charge in [0.15, 0.2) is 23.2 Å². The van der Waals surface area contributed by atoms with Crippen LogP contribution in [0.4, 0.5) is 5.13 Å². The Bertz CT molecular complexity index is 1010. The van der Waals surface area contributed by atoms with E-state index in [1.807, 2.05) is 32.0 Å². The number of aromatic nitrogens is 1. The summed E-state index contributed by atoms with van der Waals surface area (Å²) in [7, 11) is 0. The lowest BCUT2D eigenvalue weighted by Gasteiger charge is -2.26. The standard InChI is InChI=1S/C22H25N3O4S/c1-22(2)10-14-4-3-5-16(19(14)29-22)28-12-18(26)25-9-8-15-17(11-25)30-21(23-15)24-20(27)13-6-7-13/h3-5,13H,6-12H2,1-2H3,(H,23,24,27). The first kappa shape index (κ1) is 19.4. The third-order valence-corrected chi connectivity index (χ3v) is 6.67. The third-order valence-electron chi connectivity index (χ3n) is 5.67. The maximum absolute atomic E-state index is 12.8. The molecule has 0 unspecified atom stereocenters. The van der Waals surface area contributed by atoms with Crippen LogP contribution in [0.15, 0.2) is 18.2 Å². The lowest BCUT2D eigenvalue weighted by molar-refractivity contribution is -0.134. The number of nitrogens with zero attached hydrogens (tertiary/aromatic N) is 2. The van der Waals surface area contributed by atoms with Crippen molar-refractivity contribution >= 4 is 28.3 Å². The summed E-state index contributed by atoms with van der Waals surface area (Å²) < 4.78 is 11.9. The van der Waals surface area contributed by atoms with Crippen LogP contribution >= 0.6 is 11.3 Å². The van der Waals surface area contributed by atoms with Gasteiger partial charge in [0, 0.05) is 35.7 Å². The largest absolute Gasteiger partial charge is 0.483 e. The Morgan fingerprint density at radius 2 is 2.20 bits per heavy atom. The number of thiazole rings is 1. The van der Waals surface area contributed by atoms with Crippen molar-refractivity contribution in [1.29, 1.82) is 0 Å². The van der Waals surface area contributed by atoms with Crippen molar-refractivity contribution in [3.8, 4) is 11.5 Å². The van der Waals surface area contributed by atoms with Crippen molar-refractivity contribution < 1.29 is 19.1 Å². The molecular formula is C22H25N3O4S. The Morgan fingerprint density at radius 1 is 1.37 bits per heavy atom. The molecule has 8 heteroatoms. The zero-order chi connectivity index (χ0) is 20.9. The van der Waals surface area contributed by atoms with Crippen molar-refractivity contribution in [2.24, 2.45) is 5.92 Å². The highest BCUT2D eigenvalue weighted by Gasteiger charge is 2.33. The number of hydrogen-bond acceptors (Lipinski definition) is 6. The quantitative estimate of drug-likeness (QED) is 0.793. The Balaban J connectivity index is 1.20. The molecule has 1 saturated carbocycles. The fourth-order valence-corrected chi connectivity index (χ4v) is 4.97. The molecule has 0 bridgehead atoms. The van der Waals surface area contributed by atoms with Crippen molar-refractivity contribution in [3.63, 3.8) is 0 Å². The molecule has 5 rings (SSSR count). The first-order valence-electron chi connectivity index (χ1n) is 10.4. The van der Waals surface area contributed by atoms with Gasteiger partial charge in [0.25, 0.3) is 5.91 Å². The highest BCUT2D eigenvalue weighted by atomic mass is 32.1. The van der Waals surface area contributed by atoms with Gasteiger partial charge in [-0.15, -0.1) is 0 Å². The van der Waals surface area contributed by atoms with Gasteiger partial charge in [-0.2, -0.15) is 0 Å². The van der Waals surface area contributed by atoms with E-state index in [-0.39, 0.29) is 29.9 Å². The molecule has 3 aliphatic rings. The van der Waals surface area contributed by atoms with E-state index in [2.05, 4.69) is 10.3 Å². The topological polar surface area (TPSA) is 80.8 Å². The Hall–Kier alpha value is -2.61. The highest BCUT2D eigenvalue weighted by Crippen LogP contribution is 2.41. The van der Waals surface area contributed by atoms with Gasteiger partial charge in [0.1, 0.15) is 5.60 Å². The van der Waals surface area contributed by atoms with E-state index in [0.29, 0.717) is 30.4 Å². The van der Waals surface area contributed by atoms with Gasteiger partial charge in [-0.05, 0) is 32.8 Å². The normalized spacial score (nSPS) is 18.9. The van der Waals surface area contributed by atoms with E-state index in [4.69, 9.17) is 9.47 Å². The number of hydrogen-bond donors (Lipinski definition) is 1. The summed E-state index contributed by atoms with van der Waals surface area (Å²) in [5, 5.41) is 3.55. The average Bonchev–Trinajstić information content (AvgIpc) is 3.40. The minimum atomic E-state index is -0.256. The van der Waals surface area contributed by atoms with Crippen LogP contribution in [0.1, 0.15) is 42.8 Å². The van der Waals surface area contributed by atoms with E-state index in [1.165, 1.54) is 11.3 Å². The second-order valence-electron chi connectivity index (χ2n) is 8.79. The maximum atomic E-state index is 12.8. The molecule has 3 heterocycles. The minimum Gasteiger partial charge on any atom is -0.483 e. The van der Waals surface area contributed by atoms with E-state index < -0.39 is 0 Å². The van der Waals surface area contributed by atoms with Crippen LogP contribution in [-0.4, -0.2) is 40.5 Å². The summed E-state index contributed by atoms with van der Waals surface area (Å²) in [5.74, 6) is 1.51. The molecule has 1 aromatic heterocycles. The molecular weight excluding hydrogens is 402 g/mol. The second-order valence-corrected chi connectivity index (χ2v) is 9.87. The Labute approximate surface area is 179 Å². The molecule has 0 saturated heterocycles. The molecule has 30 heavy (non-hydrogen) atoms. The number of ether oxygens (including phenoxy) is 2. The molecule has 0 radical (unpaired) electrons. The van der Waals surface area contributed by atoms with E-state index >= 15 is 0 Å². The van der Waals surface area contributed by atoms with Crippen molar-refractivity contribution in [2.75, 3.05) is 18.5 Å². The number of nitrogens with one attached hydrogen (secondary N) is 1. The van der Waals surface area contributed by atoms with Crippen molar-refractivity contribution in [1.82, 2.24) is 9.88 Å². The Kier molecular flexibility index (Phi) is 4.69. The van der Waals surface area contributed by atoms with Gasteiger partial charge in [-0.3, -0.25) is 9.59 Å². The zero-order valence-electron chi connectivity index (χ0n) is 17.2. The fourth-order valence-electron chi connectivity index (χ4n) is 3.95. The molecule has 1 aliphatic carbocycles. The highest BCUT2D eigenvalue weighted by molar-refractivity contribution is 7.15. The lowest BCUT2D eigenvalue weighted by Crippen LogP contribution is -2.38. The van der Waals surface area contributed by atoms with Crippen LogP contribution in [0, 0.1) is 5.92 Å². The number of benzene rings is 1. The molecule has 2 amide bonds. The van der Waals surface area contributed by atoms with Crippen molar-refractivity contribution in [2.45, 2.75) is 51.7 Å². The Morgan fingerprint density at radius 3 is 3.00 bits per heavy atom. The third kappa shape index (κ3) is 3.88. The van der Waals surface area contributed by atoms with Crippen LogP contribution in [-0.2, 0) is 29.0 Å². The van der Waals surface area contributed by atoms with Gasteiger partial charge < -0.3 is 19.7 Å². The molecule has 0 atom stereocenters. The smallest absolute Gasteiger partial charge is 0.260 e. The monoisotopic (exact) mass is 427 g/mol. The minimum absolute atomic E-state index is 0.0281. The number of amides is 2. The van der Waals surface area contributed by atoms with E-state index in [0.717, 1.165) is 41.1 Å². The van der Waals surface area contributed by atoms with Gasteiger partial charge in [-0.25, -0.2) is 4.98 Å². The van der Waals surface area contributed by atoms with Gasteiger partial charge >= 0.3 is 0 Å². The van der Waals surface area contributed by atoms with Crippen LogP contribution in [0.25, 0.3) is 0 Å². The molecule has 158 valence electrons. The summed E-state index contributed by atoms with van der Waals surface area (Å²) in [6.07, 6.45) is 3.45. The van der Waals surface area contributed by atoms with Crippen LogP contribution in [0.2, 0.25) is 0 Å². The molecule has 1 fully saturated rings. The van der Waals surface area contributed by atoms with Crippen LogP contribution < -0.4 is 14.8 Å². The number of carbonyl (C=O) groups excluding carboxylic acids is 2. The summed E-state index contributed by atoms with van der Waals surface area (Å²) in [6, 6.07) is 5.82. The molecule has 0 spiro atoms. The summed E-state index contributed by atoms with van der Waals surface area (Å²) in [6.45, 7) is 5.17. The predicted molar refractivity (Wildman–Crippen MR) is 113 cm³/mol. The SMILES string of the molecule is CC1(C)Cc2cccc(OCC(=O)N3CCc4nc(NC(=O)C5CC5)sc4C3)c2O1. The molecule has 2 aliphatic heterocycles. The maximum Gasteiger partial charge on any atom is 0.260 e. The van der Waals surface area contributed by atoms with E-state index in [1.54, 1.807) is 4.90 Å². The number of anilines is 1.